The highest BCUT2D eigenvalue weighted by Gasteiger charge is 2.20. The minimum Gasteiger partial charge on any atom is -0.288 e. The van der Waals surface area contributed by atoms with Gasteiger partial charge in [0.15, 0.2) is 0 Å². The van der Waals surface area contributed by atoms with E-state index in [1.165, 1.54) is 0 Å². The number of ketones is 1. The third kappa shape index (κ3) is 4.04. The van der Waals surface area contributed by atoms with Crippen molar-refractivity contribution in [3.8, 4) is 0 Å². The van der Waals surface area contributed by atoms with Gasteiger partial charge in [-0.15, -0.1) is 11.3 Å². The number of thiophene rings is 1. The molecule has 1 N–H and O–H groups in total. The predicted octanol–water partition coefficient (Wildman–Crippen LogP) is 3.74. The van der Waals surface area contributed by atoms with Gasteiger partial charge < -0.3 is 0 Å². The number of carbonyl (C=O) groups excluding carboxylic acids is 1. The number of nitrogens with one attached hydrogen (secondary N) is 1. The van der Waals surface area contributed by atoms with Gasteiger partial charge in [0.1, 0.15) is 16.5 Å². The maximum absolute atomic E-state index is 13.7. The Labute approximate surface area is 153 Å². The Morgan fingerprint density at radius 3 is 2.42 bits per heavy atom. The molecule has 2 aromatic carbocycles. The van der Waals surface area contributed by atoms with Gasteiger partial charge >= 0.3 is 0 Å². The van der Waals surface area contributed by atoms with E-state index in [1.54, 1.807) is 42.5 Å². The lowest BCUT2D eigenvalue weighted by Gasteiger charge is -2.06. The molecule has 26 heavy (non-hydrogen) atoms. The summed E-state index contributed by atoms with van der Waals surface area (Å²) in [4.78, 5) is 12.8. The third-order valence-corrected chi connectivity index (χ3v) is 6.06. The summed E-state index contributed by atoms with van der Waals surface area (Å²) in [6.45, 7) is -0.105. The van der Waals surface area contributed by atoms with Crippen LogP contribution in [-0.4, -0.2) is 14.2 Å². The van der Waals surface area contributed by atoms with Crippen molar-refractivity contribution >= 4 is 27.1 Å². The minimum atomic E-state index is -4.14. The molecule has 4 nitrogen and oxygen atoms in total. The largest absolute Gasteiger partial charge is 0.288 e. The van der Waals surface area contributed by atoms with Gasteiger partial charge in [0, 0.05) is 23.1 Å². The number of hydrogen-bond donors (Lipinski definition) is 1. The predicted molar refractivity (Wildman–Crippen MR) is 94.6 cm³/mol. The molecule has 134 valence electrons. The summed E-state index contributed by atoms with van der Waals surface area (Å²) in [7, 11) is -4.14. The monoisotopic (exact) mass is 393 g/mol. The van der Waals surface area contributed by atoms with Crippen LogP contribution in [0.1, 0.15) is 20.1 Å². The molecule has 0 spiro atoms. The molecule has 0 aliphatic heterocycles. The fourth-order valence-electron chi connectivity index (χ4n) is 2.26. The van der Waals surface area contributed by atoms with Crippen molar-refractivity contribution in [1.82, 2.24) is 4.72 Å². The highest BCUT2D eigenvalue weighted by molar-refractivity contribution is 7.89. The first-order chi connectivity index (χ1) is 12.4. The Bertz CT molecular complexity index is 1050. The number of carbonyl (C=O) groups is 1. The first-order valence-electron chi connectivity index (χ1n) is 7.50. The molecule has 0 bridgehead atoms. The average molecular weight is 393 g/mol. The van der Waals surface area contributed by atoms with Crippen LogP contribution < -0.4 is 4.72 Å². The first-order valence-corrected chi connectivity index (χ1v) is 9.80. The quantitative estimate of drug-likeness (QED) is 0.649. The Balaban J connectivity index is 1.72. The van der Waals surface area contributed by atoms with Gasteiger partial charge in [-0.25, -0.2) is 21.9 Å². The summed E-state index contributed by atoms with van der Waals surface area (Å²) in [5.74, 6) is -2.18. The zero-order valence-electron chi connectivity index (χ0n) is 13.3. The van der Waals surface area contributed by atoms with Gasteiger partial charge in [-0.05, 0) is 24.3 Å². The van der Waals surface area contributed by atoms with Crippen molar-refractivity contribution in [3.63, 3.8) is 0 Å². The van der Waals surface area contributed by atoms with Crippen LogP contribution in [-0.2, 0) is 16.6 Å². The van der Waals surface area contributed by atoms with E-state index in [0.717, 1.165) is 23.5 Å². The van der Waals surface area contributed by atoms with Crippen molar-refractivity contribution in [2.75, 3.05) is 0 Å². The summed E-state index contributed by atoms with van der Waals surface area (Å²) < 4.78 is 53.2. The second-order valence-electron chi connectivity index (χ2n) is 5.36. The molecule has 3 aromatic rings. The first kappa shape index (κ1) is 18.4. The lowest BCUT2D eigenvalue weighted by molar-refractivity contribution is 0.104. The van der Waals surface area contributed by atoms with Crippen LogP contribution in [0.25, 0.3) is 0 Å². The Morgan fingerprint density at radius 1 is 1.00 bits per heavy atom. The SMILES string of the molecule is O=C(c1ccccc1)c1ccc(CNS(=O)(=O)c2ccc(F)cc2F)s1. The van der Waals surface area contributed by atoms with Crippen LogP contribution in [0.3, 0.4) is 0 Å². The van der Waals surface area contributed by atoms with Crippen molar-refractivity contribution in [2.45, 2.75) is 11.4 Å². The lowest BCUT2D eigenvalue weighted by Crippen LogP contribution is -2.23. The molecule has 8 heteroatoms. The molecule has 0 radical (unpaired) electrons. The molecular weight excluding hydrogens is 380 g/mol. The molecule has 0 unspecified atom stereocenters. The highest BCUT2D eigenvalue weighted by atomic mass is 32.2. The third-order valence-electron chi connectivity index (χ3n) is 3.54. The van der Waals surface area contributed by atoms with Crippen LogP contribution in [0.4, 0.5) is 8.78 Å². The summed E-state index contributed by atoms with van der Waals surface area (Å²) >= 11 is 1.15. The second kappa shape index (κ2) is 7.45. The molecule has 1 aromatic heterocycles. The van der Waals surface area contributed by atoms with Crippen molar-refractivity contribution in [2.24, 2.45) is 0 Å². The van der Waals surface area contributed by atoms with E-state index in [0.29, 0.717) is 21.4 Å². The zero-order chi connectivity index (χ0) is 18.7. The topological polar surface area (TPSA) is 63.2 Å². The Morgan fingerprint density at radius 2 is 1.73 bits per heavy atom. The molecule has 0 atom stereocenters. The van der Waals surface area contributed by atoms with Gasteiger partial charge in [-0.3, -0.25) is 4.79 Å². The Hall–Kier alpha value is -2.42. The molecule has 0 aliphatic carbocycles. The number of benzene rings is 2. The van der Waals surface area contributed by atoms with Crippen LogP contribution in [0.15, 0.2) is 65.6 Å². The highest BCUT2D eigenvalue weighted by Crippen LogP contribution is 2.21. The molecular formula is C18H13F2NO3S2. The van der Waals surface area contributed by atoms with Gasteiger partial charge in [0.2, 0.25) is 15.8 Å². The number of sulfonamides is 1. The second-order valence-corrected chi connectivity index (χ2v) is 8.26. The molecule has 0 saturated heterocycles. The molecule has 3 rings (SSSR count). The Kier molecular flexibility index (Phi) is 5.26. The van der Waals surface area contributed by atoms with E-state index in [1.807, 2.05) is 0 Å². The molecule has 0 fully saturated rings. The van der Waals surface area contributed by atoms with E-state index in [2.05, 4.69) is 4.72 Å². The van der Waals surface area contributed by atoms with E-state index in [9.17, 15) is 22.0 Å². The summed E-state index contributed by atoms with van der Waals surface area (Å²) in [6, 6.07) is 14.2. The van der Waals surface area contributed by atoms with Gasteiger partial charge in [0.25, 0.3) is 0 Å². The van der Waals surface area contributed by atoms with Crippen LogP contribution in [0.2, 0.25) is 0 Å². The van der Waals surface area contributed by atoms with Crippen molar-refractivity contribution in [1.29, 1.82) is 0 Å². The van der Waals surface area contributed by atoms with Crippen molar-refractivity contribution < 1.29 is 22.0 Å². The number of halogens is 2. The van der Waals surface area contributed by atoms with E-state index in [-0.39, 0.29) is 12.3 Å². The maximum Gasteiger partial charge on any atom is 0.243 e. The molecule has 0 saturated carbocycles. The van der Waals surface area contributed by atoms with E-state index in [4.69, 9.17) is 0 Å². The zero-order valence-corrected chi connectivity index (χ0v) is 14.9. The summed E-state index contributed by atoms with van der Waals surface area (Å²) in [5, 5.41) is 0. The lowest BCUT2D eigenvalue weighted by atomic mass is 10.1. The van der Waals surface area contributed by atoms with Crippen molar-refractivity contribution in [3.05, 3.63) is 87.6 Å². The van der Waals surface area contributed by atoms with Crippen LogP contribution in [0, 0.1) is 11.6 Å². The van der Waals surface area contributed by atoms with Gasteiger partial charge in [-0.2, -0.15) is 0 Å². The average Bonchev–Trinajstić information content (AvgIpc) is 3.09. The minimum absolute atomic E-state index is 0.105. The number of rotatable bonds is 6. The standard InChI is InChI=1S/C18H13F2NO3S2/c19-13-6-9-17(15(20)10-13)26(23,24)21-11-14-7-8-16(25-14)18(22)12-4-2-1-3-5-12/h1-10,21H,11H2. The maximum atomic E-state index is 13.7. The number of hydrogen-bond acceptors (Lipinski definition) is 4. The smallest absolute Gasteiger partial charge is 0.243 e. The molecule has 0 amide bonds. The summed E-state index contributed by atoms with van der Waals surface area (Å²) in [6.07, 6.45) is 0. The fraction of sp³-hybridized carbons (Fsp3) is 0.0556. The summed E-state index contributed by atoms with van der Waals surface area (Å²) in [5.41, 5.74) is 0.537. The van der Waals surface area contributed by atoms with Gasteiger partial charge in [-0.1, -0.05) is 30.3 Å². The van der Waals surface area contributed by atoms with E-state index < -0.39 is 26.6 Å². The van der Waals surface area contributed by atoms with Crippen LogP contribution in [0.5, 0.6) is 0 Å². The fourth-order valence-corrected chi connectivity index (χ4v) is 4.33. The van der Waals surface area contributed by atoms with Gasteiger partial charge in [0.05, 0.1) is 4.88 Å². The van der Waals surface area contributed by atoms with Crippen LogP contribution >= 0.6 is 11.3 Å². The molecule has 0 aliphatic rings. The normalized spacial score (nSPS) is 11.5. The molecule has 1 heterocycles. The van der Waals surface area contributed by atoms with E-state index >= 15 is 0 Å².